The van der Waals surface area contributed by atoms with Crippen LogP contribution in [0.4, 0.5) is 0 Å². The van der Waals surface area contributed by atoms with Gasteiger partial charge in [-0.2, -0.15) is 0 Å². The quantitative estimate of drug-likeness (QED) is 0.560. The molecule has 4 nitrogen and oxygen atoms in total. The maximum atomic E-state index is 9.17. The molecule has 3 N–H and O–H groups in total. The van der Waals surface area contributed by atoms with Crippen molar-refractivity contribution in [3.63, 3.8) is 0 Å². The van der Waals surface area contributed by atoms with Crippen LogP contribution >= 0.6 is 0 Å². The van der Waals surface area contributed by atoms with Crippen molar-refractivity contribution in [1.29, 1.82) is 0 Å². The summed E-state index contributed by atoms with van der Waals surface area (Å²) in [7, 11) is 1.55. The zero-order valence-corrected chi connectivity index (χ0v) is 8.92. The number of methoxy groups -OCH3 is 1. The maximum absolute atomic E-state index is 9.17. The Bertz CT molecular complexity index is 138. The monoisotopic (exact) mass is 191 g/mol. The summed E-state index contributed by atoms with van der Waals surface area (Å²) in [5.74, 6) is 0. The van der Waals surface area contributed by atoms with Gasteiger partial charge in [0.2, 0.25) is 0 Å². The van der Waals surface area contributed by atoms with E-state index in [9.17, 15) is 0 Å². The minimum absolute atomic E-state index is 0.144. The lowest BCUT2D eigenvalue weighted by Crippen LogP contribution is -2.61. The third kappa shape index (κ3) is 4.57. The highest BCUT2D eigenvalue weighted by Gasteiger charge is 2.32. The molecule has 0 aromatic rings. The summed E-state index contributed by atoms with van der Waals surface area (Å²) < 4.78 is 4.95. The standard InChI is InChI=1S/C9H21NO3/c1-8(2,3)10-9(5-11,6-12)7-13-4/h10-12H,5-7H2,1-4H3. The Morgan fingerprint density at radius 1 is 1.15 bits per heavy atom. The van der Waals surface area contributed by atoms with Crippen LogP contribution in [0, 0.1) is 0 Å². The van der Waals surface area contributed by atoms with Crippen LogP contribution in [0.2, 0.25) is 0 Å². The van der Waals surface area contributed by atoms with Gasteiger partial charge in [0.25, 0.3) is 0 Å². The smallest absolute Gasteiger partial charge is 0.0888 e. The molecule has 13 heavy (non-hydrogen) atoms. The van der Waals surface area contributed by atoms with E-state index in [0.29, 0.717) is 0 Å². The van der Waals surface area contributed by atoms with Crippen molar-refractivity contribution >= 4 is 0 Å². The first-order valence-electron chi connectivity index (χ1n) is 4.39. The Kier molecular flexibility index (Phi) is 4.85. The maximum Gasteiger partial charge on any atom is 0.0888 e. The number of hydrogen-bond donors (Lipinski definition) is 3. The van der Waals surface area contributed by atoms with Crippen LogP contribution < -0.4 is 5.32 Å². The molecule has 0 aliphatic carbocycles. The predicted molar refractivity (Wildman–Crippen MR) is 51.7 cm³/mol. The fourth-order valence-corrected chi connectivity index (χ4v) is 1.33. The van der Waals surface area contributed by atoms with Crippen molar-refractivity contribution in [3.8, 4) is 0 Å². The lowest BCUT2D eigenvalue weighted by molar-refractivity contribution is 0.00860. The molecule has 0 radical (unpaired) electrons. The third-order valence-corrected chi connectivity index (χ3v) is 1.67. The molecule has 0 aromatic heterocycles. The Morgan fingerprint density at radius 2 is 1.62 bits per heavy atom. The van der Waals surface area contributed by atoms with Gasteiger partial charge in [0, 0.05) is 12.6 Å². The highest BCUT2D eigenvalue weighted by Crippen LogP contribution is 2.11. The van der Waals surface area contributed by atoms with E-state index in [1.165, 1.54) is 0 Å². The largest absolute Gasteiger partial charge is 0.394 e. The molecule has 0 saturated carbocycles. The van der Waals surface area contributed by atoms with E-state index in [0.717, 1.165) is 0 Å². The SMILES string of the molecule is COCC(CO)(CO)NC(C)(C)C. The molecule has 0 amide bonds. The summed E-state index contributed by atoms with van der Waals surface area (Å²) >= 11 is 0. The van der Waals surface area contributed by atoms with Gasteiger partial charge in [-0.15, -0.1) is 0 Å². The molecule has 0 spiro atoms. The fourth-order valence-electron chi connectivity index (χ4n) is 1.33. The van der Waals surface area contributed by atoms with Crippen LogP contribution in [0.1, 0.15) is 20.8 Å². The Morgan fingerprint density at radius 3 is 1.85 bits per heavy atom. The summed E-state index contributed by atoms with van der Waals surface area (Å²) in [4.78, 5) is 0. The summed E-state index contributed by atoms with van der Waals surface area (Å²) in [5.41, 5.74) is -0.906. The van der Waals surface area contributed by atoms with Crippen LogP contribution in [-0.2, 0) is 4.74 Å². The topological polar surface area (TPSA) is 61.7 Å². The van der Waals surface area contributed by atoms with E-state index >= 15 is 0 Å². The molecule has 0 aliphatic rings. The Labute approximate surface area is 79.9 Å². The molecule has 0 unspecified atom stereocenters. The first-order valence-corrected chi connectivity index (χ1v) is 4.39. The van der Waals surface area contributed by atoms with E-state index < -0.39 is 5.54 Å². The zero-order chi connectivity index (χ0) is 10.5. The number of aliphatic hydroxyl groups is 2. The second-order valence-electron chi connectivity index (χ2n) is 4.40. The number of hydrogen-bond acceptors (Lipinski definition) is 4. The molecule has 0 fully saturated rings. The zero-order valence-electron chi connectivity index (χ0n) is 8.92. The van der Waals surface area contributed by atoms with Gasteiger partial charge in [-0.25, -0.2) is 0 Å². The molecule has 0 aromatic carbocycles. The molecule has 0 aliphatic heterocycles. The van der Waals surface area contributed by atoms with Crippen molar-refractivity contribution in [3.05, 3.63) is 0 Å². The van der Waals surface area contributed by atoms with E-state index in [1.54, 1.807) is 7.11 Å². The molecular weight excluding hydrogens is 170 g/mol. The van der Waals surface area contributed by atoms with E-state index in [2.05, 4.69) is 5.32 Å². The van der Waals surface area contributed by atoms with Gasteiger partial charge in [0.15, 0.2) is 0 Å². The molecule has 0 rings (SSSR count). The first-order chi connectivity index (χ1) is 5.89. The normalized spacial score (nSPS) is 13.4. The van der Waals surface area contributed by atoms with Crippen LogP contribution in [0.3, 0.4) is 0 Å². The average Bonchev–Trinajstić information content (AvgIpc) is 2.01. The number of nitrogens with one attached hydrogen (secondary N) is 1. The predicted octanol–water partition coefficient (Wildman–Crippen LogP) is -0.256. The lowest BCUT2D eigenvalue weighted by atomic mass is 9.97. The van der Waals surface area contributed by atoms with Gasteiger partial charge in [0.05, 0.1) is 25.4 Å². The van der Waals surface area contributed by atoms with Crippen LogP contribution in [0.5, 0.6) is 0 Å². The summed E-state index contributed by atoms with van der Waals surface area (Å²) in [6, 6.07) is 0. The Balaban J connectivity index is 4.38. The third-order valence-electron chi connectivity index (χ3n) is 1.67. The first kappa shape index (κ1) is 12.8. The highest BCUT2D eigenvalue weighted by molar-refractivity contribution is 4.92. The molecule has 0 atom stereocenters. The molecule has 4 heteroatoms. The van der Waals surface area contributed by atoms with Crippen molar-refractivity contribution < 1.29 is 14.9 Å². The lowest BCUT2D eigenvalue weighted by Gasteiger charge is -2.37. The number of rotatable bonds is 5. The van der Waals surface area contributed by atoms with Gasteiger partial charge in [-0.1, -0.05) is 0 Å². The van der Waals surface area contributed by atoms with Gasteiger partial charge < -0.3 is 20.3 Å². The van der Waals surface area contributed by atoms with Gasteiger partial charge in [-0.05, 0) is 20.8 Å². The van der Waals surface area contributed by atoms with E-state index in [1.807, 2.05) is 20.8 Å². The number of ether oxygens (including phenoxy) is 1. The van der Waals surface area contributed by atoms with Crippen molar-refractivity contribution in [2.75, 3.05) is 26.9 Å². The van der Waals surface area contributed by atoms with Crippen LogP contribution in [-0.4, -0.2) is 48.2 Å². The Hall–Kier alpha value is -0.160. The van der Waals surface area contributed by atoms with Crippen molar-refractivity contribution in [2.45, 2.75) is 31.8 Å². The molecular formula is C9H21NO3. The molecule has 0 saturated heterocycles. The highest BCUT2D eigenvalue weighted by atomic mass is 16.5. The van der Waals surface area contributed by atoms with E-state index in [-0.39, 0.29) is 25.4 Å². The van der Waals surface area contributed by atoms with Crippen molar-refractivity contribution in [1.82, 2.24) is 5.32 Å². The summed E-state index contributed by atoms with van der Waals surface area (Å²) in [6.45, 7) is 5.93. The molecule has 80 valence electrons. The average molecular weight is 191 g/mol. The minimum atomic E-state index is -0.743. The van der Waals surface area contributed by atoms with Crippen molar-refractivity contribution in [2.24, 2.45) is 0 Å². The molecule has 0 bridgehead atoms. The fraction of sp³-hybridized carbons (Fsp3) is 1.00. The van der Waals surface area contributed by atoms with Crippen LogP contribution in [0.25, 0.3) is 0 Å². The minimum Gasteiger partial charge on any atom is -0.394 e. The van der Waals surface area contributed by atoms with Gasteiger partial charge >= 0.3 is 0 Å². The second-order valence-corrected chi connectivity index (χ2v) is 4.40. The summed E-state index contributed by atoms with van der Waals surface area (Å²) in [5, 5.41) is 21.5. The second kappa shape index (κ2) is 4.91. The van der Waals surface area contributed by atoms with Gasteiger partial charge in [0.1, 0.15) is 0 Å². The summed E-state index contributed by atoms with van der Waals surface area (Å²) in [6.07, 6.45) is 0. The van der Waals surface area contributed by atoms with E-state index in [4.69, 9.17) is 14.9 Å². The number of aliphatic hydroxyl groups excluding tert-OH is 2. The van der Waals surface area contributed by atoms with Gasteiger partial charge in [-0.3, -0.25) is 0 Å². The molecule has 0 heterocycles. The van der Waals surface area contributed by atoms with Crippen LogP contribution in [0.15, 0.2) is 0 Å².